The van der Waals surface area contributed by atoms with Crippen molar-refractivity contribution in [2.24, 2.45) is 0 Å². The van der Waals surface area contributed by atoms with E-state index in [0.29, 0.717) is 30.5 Å². The maximum Gasteiger partial charge on any atom is 0.244 e. The van der Waals surface area contributed by atoms with Crippen LogP contribution in [0.25, 0.3) is 0 Å². The van der Waals surface area contributed by atoms with Gasteiger partial charge in [-0.1, -0.05) is 0 Å². The molecule has 3 amide bonds. The second-order valence-corrected chi connectivity index (χ2v) is 4.46. The molecule has 0 atom stereocenters. The lowest BCUT2D eigenvalue weighted by Crippen LogP contribution is -2.44. The van der Waals surface area contributed by atoms with E-state index in [1.54, 1.807) is 24.3 Å². The minimum Gasteiger partial charge on any atom is -0.325 e. The van der Waals surface area contributed by atoms with Crippen molar-refractivity contribution in [2.75, 3.05) is 11.9 Å². The number of nitrogens with one attached hydrogen (secondary N) is 1. The Labute approximate surface area is 116 Å². The third kappa shape index (κ3) is 3.20. The molecule has 1 aliphatic heterocycles. The van der Waals surface area contributed by atoms with Crippen LogP contribution in [-0.4, -0.2) is 29.2 Å². The highest BCUT2D eigenvalue weighted by atomic mass is 16.2. The number of amides is 3. The number of nitriles is 1. The Morgan fingerprint density at radius 1 is 1.20 bits per heavy atom. The van der Waals surface area contributed by atoms with Gasteiger partial charge in [0.1, 0.15) is 6.54 Å². The molecule has 102 valence electrons. The number of carbonyl (C=O) groups excluding carboxylic acids is 3. The van der Waals surface area contributed by atoms with E-state index in [9.17, 15) is 14.4 Å². The molecule has 0 spiro atoms. The van der Waals surface area contributed by atoms with Crippen molar-refractivity contribution in [3.8, 4) is 6.07 Å². The molecule has 1 N–H and O–H groups in total. The molecule has 0 radical (unpaired) electrons. The number of likely N-dealkylation sites (tertiary alicyclic amines) is 1. The van der Waals surface area contributed by atoms with Crippen LogP contribution in [0.2, 0.25) is 0 Å². The van der Waals surface area contributed by atoms with E-state index in [0.717, 1.165) is 4.90 Å². The molecule has 6 nitrogen and oxygen atoms in total. The first-order chi connectivity index (χ1) is 9.60. The maximum absolute atomic E-state index is 11.8. The van der Waals surface area contributed by atoms with Crippen LogP contribution in [0.4, 0.5) is 5.69 Å². The zero-order valence-electron chi connectivity index (χ0n) is 10.8. The fourth-order valence-electron chi connectivity index (χ4n) is 1.95. The van der Waals surface area contributed by atoms with Crippen LogP contribution in [0.1, 0.15) is 24.8 Å². The number of imide groups is 1. The van der Waals surface area contributed by atoms with E-state index in [1.165, 1.54) is 0 Å². The number of nitrogens with zero attached hydrogens (tertiary/aromatic N) is 2. The summed E-state index contributed by atoms with van der Waals surface area (Å²) < 4.78 is 0. The Morgan fingerprint density at radius 2 is 1.80 bits per heavy atom. The monoisotopic (exact) mass is 271 g/mol. The molecule has 20 heavy (non-hydrogen) atoms. The average molecular weight is 271 g/mol. The molecule has 0 aliphatic carbocycles. The first kappa shape index (κ1) is 13.7. The van der Waals surface area contributed by atoms with Crippen LogP contribution in [-0.2, 0) is 14.4 Å². The van der Waals surface area contributed by atoms with Crippen LogP contribution in [0.15, 0.2) is 24.3 Å². The quantitative estimate of drug-likeness (QED) is 0.831. The SMILES string of the molecule is N#Cc1ccc(NC(=O)CN2C(=O)CCCC2=O)cc1. The molecular formula is C14H13N3O3. The summed E-state index contributed by atoms with van der Waals surface area (Å²) in [6.45, 7) is -0.266. The van der Waals surface area contributed by atoms with E-state index in [4.69, 9.17) is 5.26 Å². The minimum atomic E-state index is -0.432. The van der Waals surface area contributed by atoms with Crippen LogP contribution >= 0.6 is 0 Å². The summed E-state index contributed by atoms with van der Waals surface area (Å²) in [6.07, 6.45) is 1.15. The standard InChI is InChI=1S/C14H13N3O3/c15-8-10-4-6-11(7-5-10)16-12(18)9-17-13(19)2-1-3-14(17)20/h4-7H,1-3,9H2,(H,16,18). The minimum absolute atomic E-state index is 0.266. The number of hydrogen-bond acceptors (Lipinski definition) is 4. The Kier molecular flexibility index (Phi) is 4.11. The number of carbonyl (C=O) groups is 3. The summed E-state index contributed by atoms with van der Waals surface area (Å²) in [5, 5.41) is 11.3. The zero-order valence-corrected chi connectivity index (χ0v) is 10.8. The van der Waals surface area contributed by atoms with Gasteiger partial charge in [-0.2, -0.15) is 5.26 Å². The van der Waals surface area contributed by atoms with E-state index in [2.05, 4.69) is 5.32 Å². The molecule has 1 aromatic carbocycles. The van der Waals surface area contributed by atoms with Crippen LogP contribution in [0, 0.1) is 11.3 Å². The van der Waals surface area contributed by atoms with Gasteiger partial charge in [0.25, 0.3) is 0 Å². The molecule has 0 unspecified atom stereocenters. The maximum atomic E-state index is 11.8. The molecule has 1 fully saturated rings. The third-order valence-electron chi connectivity index (χ3n) is 2.98. The third-order valence-corrected chi connectivity index (χ3v) is 2.98. The first-order valence-corrected chi connectivity index (χ1v) is 6.23. The van der Waals surface area contributed by atoms with E-state index in [1.807, 2.05) is 6.07 Å². The lowest BCUT2D eigenvalue weighted by atomic mass is 10.1. The highest BCUT2D eigenvalue weighted by Gasteiger charge is 2.27. The number of hydrogen-bond donors (Lipinski definition) is 1. The lowest BCUT2D eigenvalue weighted by molar-refractivity contribution is -0.150. The molecular weight excluding hydrogens is 258 g/mol. The summed E-state index contributed by atoms with van der Waals surface area (Å²) in [7, 11) is 0. The van der Waals surface area contributed by atoms with Gasteiger partial charge in [-0.25, -0.2) is 0 Å². The summed E-state index contributed by atoms with van der Waals surface area (Å²) in [5.74, 6) is -1.05. The second-order valence-electron chi connectivity index (χ2n) is 4.46. The molecule has 6 heteroatoms. The fourth-order valence-corrected chi connectivity index (χ4v) is 1.95. The van der Waals surface area contributed by atoms with E-state index < -0.39 is 5.91 Å². The van der Waals surface area contributed by atoms with Crippen LogP contribution < -0.4 is 5.32 Å². The van der Waals surface area contributed by atoms with E-state index in [-0.39, 0.29) is 18.4 Å². The van der Waals surface area contributed by atoms with Crippen molar-refractivity contribution in [1.29, 1.82) is 5.26 Å². The Hall–Kier alpha value is -2.68. The topological polar surface area (TPSA) is 90.3 Å². The van der Waals surface area contributed by atoms with E-state index >= 15 is 0 Å². The summed E-state index contributed by atoms with van der Waals surface area (Å²) in [6, 6.07) is 8.31. The number of rotatable bonds is 3. The van der Waals surface area contributed by atoms with Crippen molar-refractivity contribution in [3.05, 3.63) is 29.8 Å². The second kappa shape index (κ2) is 5.97. The average Bonchev–Trinajstić information content (AvgIpc) is 2.44. The van der Waals surface area contributed by atoms with Crippen molar-refractivity contribution in [1.82, 2.24) is 4.90 Å². The molecule has 0 bridgehead atoms. The Morgan fingerprint density at radius 3 is 2.35 bits per heavy atom. The van der Waals surface area contributed by atoms with Gasteiger partial charge in [-0.3, -0.25) is 19.3 Å². The van der Waals surface area contributed by atoms with Crippen molar-refractivity contribution >= 4 is 23.4 Å². The smallest absolute Gasteiger partial charge is 0.244 e. The van der Waals surface area contributed by atoms with Gasteiger partial charge < -0.3 is 5.32 Å². The summed E-state index contributed by atoms with van der Waals surface area (Å²) in [5.41, 5.74) is 1.01. The molecule has 1 aliphatic rings. The molecule has 1 aromatic rings. The van der Waals surface area contributed by atoms with Gasteiger partial charge in [-0.15, -0.1) is 0 Å². The summed E-state index contributed by atoms with van der Waals surface area (Å²) >= 11 is 0. The number of benzene rings is 1. The van der Waals surface area contributed by atoms with Gasteiger partial charge in [0.15, 0.2) is 0 Å². The van der Waals surface area contributed by atoms with Gasteiger partial charge >= 0.3 is 0 Å². The molecule has 0 saturated carbocycles. The highest BCUT2D eigenvalue weighted by Crippen LogP contribution is 2.13. The van der Waals surface area contributed by atoms with Gasteiger partial charge in [-0.05, 0) is 30.7 Å². The Balaban J connectivity index is 1.96. The van der Waals surface area contributed by atoms with Crippen molar-refractivity contribution in [2.45, 2.75) is 19.3 Å². The number of anilines is 1. The predicted octanol–water partition coefficient (Wildman–Crippen LogP) is 1.04. The van der Waals surface area contributed by atoms with Gasteiger partial charge in [0.2, 0.25) is 17.7 Å². The predicted molar refractivity (Wildman–Crippen MR) is 70.4 cm³/mol. The van der Waals surface area contributed by atoms with Crippen molar-refractivity contribution in [3.63, 3.8) is 0 Å². The van der Waals surface area contributed by atoms with Crippen molar-refractivity contribution < 1.29 is 14.4 Å². The first-order valence-electron chi connectivity index (χ1n) is 6.23. The normalized spacial score (nSPS) is 14.8. The fraction of sp³-hybridized carbons (Fsp3) is 0.286. The number of piperidine rings is 1. The zero-order chi connectivity index (χ0) is 14.5. The molecule has 2 rings (SSSR count). The molecule has 0 aromatic heterocycles. The van der Waals surface area contributed by atoms with Gasteiger partial charge in [0.05, 0.1) is 11.6 Å². The van der Waals surface area contributed by atoms with Crippen LogP contribution in [0.5, 0.6) is 0 Å². The van der Waals surface area contributed by atoms with Crippen LogP contribution in [0.3, 0.4) is 0 Å². The lowest BCUT2D eigenvalue weighted by Gasteiger charge is -2.24. The molecule has 1 heterocycles. The highest BCUT2D eigenvalue weighted by molar-refractivity contribution is 6.03. The molecule has 1 saturated heterocycles. The largest absolute Gasteiger partial charge is 0.325 e. The summed E-state index contributed by atoms with van der Waals surface area (Å²) in [4.78, 5) is 35.9. The Bertz CT molecular complexity index is 571. The van der Waals surface area contributed by atoms with Gasteiger partial charge in [0, 0.05) is 18.5 Å².